The minimum Gasteiger partial charge on any atom is -0.496 e. The lowest BCUT2D eigenvalue weighted by Crippen LogP contribution is -2.58. The standard InChI is InChI=1S/C38H40FN5O7/c1-22-37(24(3)45)23(2)44(42-22)15-13-36(47)43-14-12-33-32(20-43)41-38(48)30-17-26(9-11-31(30)39)25-6-5-7-28(16-25)50-21-35(46)40-19-27-8-10-29(51-33)18-34(27)49-4/h5-11,16-18,32-33H,12-15,19-21H2,1-4H3,(H,40,46)(H,41,48)/t32-,33+/m1/s1. The molecule has 3 aromatic carbocycles. The van der Waals surface area contributed by atoms with Crippen LogP contribution in [0.3, 0.4) is 0 Å². The zero-order valence-corrected chi connectivity index (χ0v) is 29.0. The average Bonchev–Trinajstić information content (AvgIpc) is 3.41. The van der Waals surface area contributed by atoms with E-state index in [4.69, 9.17) is 14.2 Å². The first kappa shape index (κ1) is 35.1. The van der Waals surface area contributed by atoms with Gasteiger partial charge < -0.3 is 29.7 Å². The lowest BCUT2D eigenvalue weighted by molar-refractivity contribution is -0.134. The van der Waals surface area contributed by atoms with Crippen molar-refractivity contribution < 1.29 is 37.8 Å². The number of rotatable bonds is 5. The quantitative estimate of drug-likeness (QED) is 0.293. The van der Waals surface area contributed by atoms with Gasteiger partial charge in [-0.2, -0.15) is 5.10 Å². The lowest BCUT2D eigenvalue weighted by Gasteiger charge is -2.39. The first-order valence-electron chi connectivity index (χ1n) is 16.8. The number of aryl methyl sites for hydroxylation is 2. The molecule has 3 aliphatic heterocycles. The van der Waals surface area contributed by atoms with Crippen LogP contribution < -0.4 is 24.8 Å². The number of ether oxygens (including phenoxy) is 3. The molecule has 0 aliphatic carbocycles. The van der Waals surface area contributed by atoms with Crippen molar-refractivity contribution in [3.8, 4) is 28.4 Å². The maximum absolute atomic E-state index is 15.3. The van der Waals surface area contributed by atoms with Gasteiger partial charge in [-0.15, -0.1) is 0 Å². The number of fused-ring (bicyclic) bond motifs is 7. The largest absolute Gasteiger partial charge is 0.496 e. The second kappa shape index (κ2) is 15.0. The highest BCUT2D eigenvalue weighted by Gasteiger charge is 2.35. The van der Waals surface area contributed by atoms with Crippen LogP contribution in [0.2, 0.25) is 0 Å². The summed E-state index contributed by atoms with van der Waals surface area (Å²) in [5, 5.41) is 10.3. The Morgan fingerprint density at radius 2 is 1.84 bits per heavy atom. The van der Waals surface area contributed by atoms with E-state index in [-0.39, 0.29) is 55.8 Å². The third-order valence-corrected chi connectivity index (χ3v) is 9.26. The number of halogens is 1. The Labute approximate surface area is 294 Å². The fourth-order valence-electron chi connectivity index (χ4n) is 6.62. The Morgan fingerprint density at radius 3 is 2.61 bits per heavy atom. The van der Waals surface area contributed by atoms with E-state index >= 15 is 4.39 Å². The number of carbonyl (C=O) groups excluding carboxylic acids is 4. The number of benzene rings is 3. The number of piperidine rings is 1. The number of Topliss-reactive ketones (excluding diaryl/α,β-unsaturated/α-hetero) is 1. The van der Waals surface area contributed by atoms with Crippen LogP contribution in [0.5, 0.6) is 17.2 Å². The Hall–Kier alpha value is -5.72. The van der Waals surface area contributed by atoms with Crippen molar-refractivity contribution in [3.05, 3.63) is 94.6 Å². The predicted molar refractivity (Wildman–Crippen MR) is 185 cm³/mol. The van der Waals surface area contributed by atoms with E-state index < -0.39 is 23.9 Å². The molecule has 1 fully saturated rings. The number of aromatic nitrogens is 2. The molecular formula is C38H40FN5O7. The van der Waals surface area contributed by atoms with Gasteiger partial charge in [0.05, 0.1) is 30.0 Å². The third kappa shape index (κ3) is 7.87. The molecule has 13 heteroatoms. The van der Waals surface area contributed by atoms with Crippen LogP contribution >= 0.6 is 0 Å². The number of ketones is 1. The van der Waals surface area contributed by atoms with Crippen LogP contribution in [0.15, 0.2) is 60.7 Å². The molecule has 3 amide bonds. The molecule has 51 heavy (non-hydrogen) atoms. The Kier molecular flexibility index (Phi) is 10.4. The molecule has 2 N–H and O–H groups in total. The topological polar surface area (TPSA) is 141 Å². The van der Waals surface area contributed by atoms with Gasteiger partial charge in [-0.05, 0) is 68.3 Å². The fraction of sp³-hybridized carbons (Fsp3) is 0.342. The summed E-state index contributed by atoms with van der Waals surface area (Å²) in [6.07, 6.45) is -0.0752. The van der Waals surface area contributed by atoms with Crippen LogP contribution in [0.1, 0.15) is 57.4 Å². The number of carbonyl (C=O) groups is 4. The van der Waals surface area contributed by atoms with Gasteiger partial charge in [-0.25, -0.2) is 4.39 Å². The van der Waals surface area contributed by atoms with Gasteiger partial charge >= 0.3 is 0 Å². The Bertz CT molecular complexity index is 1990. The van der Waals surface area contributed by atoms with Crippen molar-refractivity contribution in [1.29, 1.82) is 0 Å². The van der Waals surface area contributed by atoms with E-state index in [0.717, 1.165) is 0 Å². The SMILES string of the molecule is COc1cc2ccc1CNC(=O)COc1cccc(c1)-c1ccc(F)c(c1)C(=O)N[C@@H]1CN(C(=O)CCn3nc(C)c(C(C)=O)c3C)CC[C@@H]1O2. The molecule has 266 valence electrons. The van der Waals surface area contributed by atoms with Gasteiger partial charge in [0.15, 0.2) is 12.4 Å². The maximum Gasteiger partial charge on any atom is 0.258 e. The van der Waals surface area contributed by atoms with Crippen molar-refractivity contribution in [2.24, 2.45) is 0 Å². The molecule has 1 saturated heterocycles. The molecule has 12 nitrogen and oxygen atoms in total. The van der Waals surface area contributed by atoms with Crippen LogP contribution in [-0.2, 0) is 22.7 Å². The number of hydrogen-bond donors (Lipinski definition) is 2. The number of methoxy groups -OCH3 is 1. The smallest absolute Gasteiger partial charge is 0.258 e. The molecule has 1 aromatic heterocycles. The number of nitrogens with zero attached hydrogens (tertiary/aromatic N) is 3. The first-order chi connectivity index (χ1) is 24.5. The van der Waals surface area contributed by atoms with Gasteiger partial charge in [0, 0.05) is 56.3 Å². The molecule has 3 aliphatic rings. The van der Waals surface area contributed by atoms with Crippen molar-refractivity contribution >= 4 is 23.5 Å². The average molecular weight is 698 g/mol. The number of amides is 3. The minimum absolute atomic E-state index is 0.0825. The van der Waals surface area contributed by atoms with E-state index in [2.05, 4.69) is 15.7 Å². The van der Waals surface area contributed by atoms with Gasteiger partial charge in [0.2, 0.25) is 5.91 Å². The molecule has 4 aromatic rings. The van der Waals surface area contributed by atoms with Gasteiger partial charge in [0.25, 0.3) is 11.8 Å². The van der Waals surface area contributed by atoms with E-state index in [1.165, 1.54) is 26.2 Å². The number of likely N-dealkylation sites (tertiary alicyclic amines) is 1. The maximum atomic E-state index is 15.3. The van der Waals surface area contributed by atoms with Crippen LogP contribution in [-0.4, -0.2) is 77.1 Å². The molecule has 4 heterocycles. The molecule has 2 atom stereocenters. The first-order valence-corrected chi connectivity index (χ1v) is 16.8. The van der Waals surface area contributed by atoms with E-state index in [0.29, 0.717) is 63.9 Å². The summed E-state index contributed by atoms with van der Waals surface area (Å²) >= 11 is 0. The molecular weight excluding hydrogens is 657 g/mol. The molecule has 6 bridgehead atoms. The Balaban J connectivity index is 1.29. The molecule has 0 unspecified atom stereocenters. The van der Waals surface area contributed by atoms with E-state index in [9.17, 15) is 19.2 Å². The fourth-order valence-corrected chi connectivity index (χ4v) is 6.62. The van der Waals surface area contributed by atoms with Gasteiger partial charge in [-0.3, -0.25) is 23.9 Å². The van der Waals surface area contributed by atoms with E-state index in [1.54, 1.807) is 72.0 Å². The number of hydrogen-bond acceptors (Lipinski definition) is 8. The summed E-state index contributed by atoms with van der Waals surface area (Å²) in [5.74, 6) is -0.570. The summed E-state index contributed by atoms with van der Waals surface area (Å²) in [4.78, 5) is 53.7. The van der Waals surface area contributed by atoms with Crippen molar-refractivity contribution in [2.45, 2.75) is 58.8 Å². The van der Waals surface area contributed by atoms with Crippen LogP contribution in [0.4, 0.5) is 4.39 Å². The zero-order chi connectivity index (χ0) is 36.2. The summed E-state index contributed by atoms with van der Waals surface area (Å²) in [6, 6.07) is 15.7. The summed E-state index contributed by atoms with van der Waals surface area (Å²) in [6.45, 7) is 5.78. The third-order valence-electron chi connectivity index (χ3n) is 9.26. The minimum atomic E-state index is -0.709. The van der Waals surface area contributed by atoms with Crippen molar-refractivity contribution in [1.82, 2.24) is 25.3 Å². The second-order valence-corrected chi connectivity index (χ2v) is 12.7. The summed E-state index contributed by atoms with van der Waals surface area (Å²) < 4.78 is 34.7. The summed E-state index contributed by atoms with van der Waals surface area (Å²) in [5.41, 5.74) is 3.64. The second-order valence-electron chi connectivity index (χ2n) is 12.7. The Morgan fingerprint density at radius 1 is 1.04 bits per heavy atom. The molecule has 0 radical (unpaired) electrons. The highest BCUT2D eigenvalue weighted by molar-refractivity contribution is 5.96. The molecule has 0 saturated carbocycles. The van der Waals surface area contributed by atoms with Crippen molar-refractivity contribution in [3.63, 3.8) is 0 Å². The van der Waals surface area contributed by atoms with Gasteiger partial charge in [0.1, 0.15) is 29.2 Å². The highest BCUT2D eigenvalue weighted by Crippen LogP contribution is 2.29. The monoisotopic (exact) mass is 697 g/mol. The lowest BCUT2D eigenvalue weighted by atomic mass is 9.99. The number of nitrogens with one attached hydrogen (secondary N) is 2. The predicted octanol–water partition coefficient (Wildman–Crippen LogP) is 4.39. The molecule has 0 spiro atoms. The highest BCUT2D eigenvalue weighted by atomic mass is 19.1. The van der Waals surface area contributed by atoms with E-state index in [1.807, 2.05) is 0 Å². The normalized spacial score (nSPS) is 17.7. The van der Waals surface area contributed by atoms with Crippen LogP contribution in [0, 0.1) is 19.7 Å². The van der Waals surface area contributed by atoms with Crippen LogP contribution in [0.25, 0.3) is 11.1 Å². The summed E-state index contributed by atoms with van der Waals surface area (Å²) in [7, 11) is 1.52. The zero-order valence-electron chi connectivity index (χ0n) is 29.0. The van der Waals surface area contributed by atoms with Crippen molar-refractivity contribution in [2.75, 3.05) is 26.8 Å². The van der Waals surface area contributed by atoms with Gasteiger partial charge in [-0.1, -0.05) is 18.2 Å². The molecule has 7 rings (SSSR count).